The zero-order chi connectivity index (χ0) is 14.0. The third kappa shape index (κ3) is 2.88. The first kappa shape index (κ1) is 13.0. The summed E-state index contributed by atoms with van der Waals surface area (Å²) < 4.78 is 39.4. The molecule has 7 nitrogen and oxygen atoms in total. The van der Waals surface area contributed by atoms with Crippen molar-refractivity contribution >= 4 is 21.5 Å². The summed E-state index contributed by atoms with van der Waals surface area (Å²) in [5.41, 5.74) is 4.96. The van der Waals surface area contributed by atoms with Crippen LogP contribution >= 0.6 is 0 Å². The lowest BCUT2D eigenvalue weighted by atomic mass is 10.3. The van der Waals surface area contributed by atoms with Crippen LogP contribution in [0.25, 0.3) is 0 Å². The second-order valence-corrected chi connectivity index (χ2v) is 5.25. The van der Waals surface area contributed by atoms with Crippen molar-refractivity contribution in [2.45, 2.75) is 4.90 Å². The first-order chi connectivity index (χ1) is 8.88. The molecule has 0 saturated carbocycles. The molecule has 2 rings (SSSR count). The van der Waals surface area contributed by atoms with Crippen LogP contribution in [0.1, 0.15) is 0 Å². The van der Waals surface area contributed by atoms with Gasteiger partial charge in [0.1, 0.15) is 10.7 Å². The molecule has 0 atom stereocenters. The van der Waals surface area contributed by atoms with Crippen molar-refractivity contribution in [2.24, 2.45) is 0 Å². The number of benzene rings is 1. The molecule has 1 aromatic heterocycles. The molecule has 0 aliphatic heterocycles. The number of nitrogen functional groups attached to an aromatic ring is 1. The van der Waals surface area contributed by atoms with E-state index in [0.717, 1.165) is 24.3 Å². The van der Waals surface area contributed by atoms with Crippen LogP contribution in [0, 0.1) is 5.82 Å². The van der Waals surface area contributed by atoms with Crippen LogP contribution in [-0.2, 0) is 10.0 Å². The molecule has 19 heavy (non-hydrogen) atoms. The average Bonchev–Trinajstić information content (AvgIpc) is 2.31. The number of hydrogen-bond acceptors (Lipinski definition) is 5. The predicted molar refractivity (Wildman–Crippen MR) is 66.5 cm³/mol. The number of halogens is 1. The minimum Gasteiger partial charge on any atom is -0.399 e. The van der Waals surface area contributed by atoms with E-state index >= 15 is 0 Å². The number of anilines is 2. The van der Waals surface area contributed by atoms with E-state index in [0.29, 0.717) is 0 Å². The van der Waals surface area contributed by atoms with Gasteiger partial charge >= 0.3 is 0 Å². The Bertz CT molecular complexity index is 752. The third-order valence-electron chi connectivity index (χ3n) is 2.16. The zero-order valence-corrected chi connectivity index (χ0v) is 10.2. The van der Waals surface area contributed by atoms with Crippen LogP contribution in [0.2, 0.25) is 0 Å². The monoisotopic (exact) mass is 284 g/mol. The van der Waals surface area contributed by atoms with E-state index in [1.807, 2.05) is 4.72 Å². The average molecular weight is 284 g/mol. The van der Waals surface area contributed by atoms with Gasteiger partial charge in [0, 0.05) is 11.8 Å². The summed E-state index contributed by atoms with van der Waals surface area (Å²) in [4.78, 5) is 10.2. The molecule has 100 valence electrons. The molecule has 1 heterocycles. The predicted octanol–water partition coefficient (Wildman–Crippen LogP) is 0.292. The largest absolute Gasteiger partial charge is 0.399 e. The summed E-state index contributed by atoms with van der Waals surface area (Å²) in [6.07, 6.45) is 0. The van der Waals surface area contributed by atoms with E-state index < -0.39 is 26.3 Å². The molecule has 0 bridgehead atoms. The van der Waals surface area contributed by atoms with Crippen molar-refractivity contribution in [3.05, 3.63) is 46.5 Å². The molecule has 4 N–H and O–H groups in total. The highest BCUT2D eigenvalue weighted by Gasteiger charge is 2.19. The number of nitrogens with two attached hydrogens (primary N) is 1. The van der Waals surface area contributed by atoms with E-state index in [2.05, 4.69) is 10.2 Å². The van der Waals surface area contributed by atoms with Gasteiger partial charge < -0.3 is 5.73 Å². The van der Waals surface area contributed by atoms with Gasteiger partial charge in [0.15, 0.2) is 5.82 Å². The molecular formula is C10H9FN4O3S. The van der Waals surface area contributed by atoms with Crippen LogP contribution in [0.5, 0.6) is 0 Å². The standard InChI is InChI=1S/C10H9FN4O3S/c11-7-5-6(12)1-2-8(7)19(17,18)15-9-3-4-10(16)14-13-9/h1-5H,12H2,(H,13,15)(H,14,16). The minimum absolute atomic E-state index is 0.110. The Kier molecular flexibility index (Phi) is 3.21. The van der Waals surface area contributed by atoms with Crippen LogP contribution in [0.15, 0.2) is 40.0 Å². The van der Waals surface area contributed by atoms with Crippen LogP contribution in [0.3, 0.4) is 0 Å². The molecule has 0 fully saturated rings. The van der Waals surface area contributed by atoms with Gasteiger partial charge in [0.25, 0.3) is 15.6 Å². The molecule has 2 aromatic rings. The number of H-pyrrole nitrogens is 1. The molecule has 0 aliphatic rings. The van der Waals surface area contributed by atoms with Crippen molar-refractivity contribution in [3.8, 4) is 0 Å². The summed E-state index contributed by atoms with van der Waals surface area (Å²) in [7, 11) is -4.14. The van der Waals surface area contributed by atoms with E-state index in [1.54, 1.807) is 0 Å². The van der Waals surface area contributed by atoms with E-state index in [9.17, 15) is 17.6 Å². The van der Waals surface area contributed by atoms with Crippen molar-refractivity contribution in [2.75, 3.05) is 10.5 Å². The summed E-state index contributed by atoms with van der Waals surface area (Å²) in [5.74, 6) is -1.10. The Morgan fingerprint density at radius 1 is 1.26 bits per heavy atom. The van der Waals surface area contributed by atoms with Gasteiger partial charge in [-0.15, -0.1) is 0 Å². The summed E-state index contributed by atoms with van der Waals surface area (Å²) >= 11 is 0. The highest BCUT2D eigenvalue weighted by atomic mass is 32.2. The Morgan fingerprint density at radius 2 is 2.00 bits per heavy atom. The third-order valence-corrected chi connectivity index (χ3v) is 3.55. The highest BCUT2D eigenvalue weighted by molar-refractivity contribution is 7.92. The van der Waals surface area contributed by atoms with E-state index in [4.69, 9.17) is 5.73 Å². The molecule has 0 saturated heterocycles. The molecule has 0 spiro atoms. The fourth-order valence-electron chi connectivity index (χ4n) is 1.33. The van der Waals surface area contributed by atoms with Crippen molar-refractivity contribution in [1.82, 2.24) is 10.2 Å². The summed E-state index contributed by atoms with van der Waals surface area (Å²) in [6, 6.07) is 5.45. The smallest absolute Gasteiger partial charge is 0.266 e. The molecule has 9 heteroatoms. The van der Waals surface area contributed by atoms with Crippen LogP contribution in [0.4, 0.5) is 15.9 Å². The molecule has 0 unspecified atom stereocenters. The maximum Gasteiger partial charge on any atom is 0.266 e. The summed E-state index contributed by atoms with van der Waals surface area (Å²) in [6.45, 7) is 0. The van der Waals surface area contributed by atoms with Crippen molar-refractivity contribution in [3.63, 3.8) is 0 Å². The van der Waals surface area contributed by atoms with E-state index in [1.165, 1.54) is 6.07 Å². The lowest BCUT2D eigenvalue weighted by Gasteiger charge is -2.07. The van der Waals surface area contributed by atoms with Gasteiger partial charge in [0.2, 0.25) is 0 Å². The maximum atomic E-state index is 13.5. The van der Waals surface area contributed by atoms with Crippen molar-refractivity contribution in [1.29, 1.82) is 0 Å². The summed E-state index contributed by atoms with van der Waals surface area (Å²) in [5, 5.41) is 5.51. The zero-order valence-electron chi connectivity index (χ0n) is 9.42. The van der Waals surface area contributed by atoms with Crippen LogP contribution in [-0.4, -0.2) is 18.6 Å². The Labute approximate surface area is 107 Å². The van der Waals surface area contributed by atoms with Gasteiger partial charge in [-0.1, -0.05) is 0 Å². The van der Waals surface area contributed by atoms with Gasteiger partial charge in [-0.25, -0.2) is 17.9 Å². The quantitative estimate of drug-likeness (QED) is 0.700. The van der Waals surface area contributed by atoms with Gasteiger partial charge in [-0.3, -0.25) is 9.52 Å². The minimum atomic E-state index is -4.14. The van der Waals surface area contributed by atoms with Gasteiger partial charge in [-0.05, 0) is 24.3 Å². The number of rotatable bonds is 3. The normalized spacial score (nSPS) is 11.2. The molecule has 0 amide bonds. The van der Waals surface area contributed by atoms with Gasteiger partial charge in [0.05, 0.1) is 0 Å². The maximum absolute atomic E-state index is 13.5. The first-order valence-corrected chi connectivity index (χ1v) is 6.50. The Hall–Kier alpha value is -2.42. The van der Waals surface area contributed by atoms with Crippen LogP contribution < -0.4 is 16.0 Å². The Morgan fingerprint density at radius 3 is 2.58 bits per heavy atom. The number of aromatic nitrogens is 2. The molecule has 1 aromatic carbocycles. The Balaban J connectivity index is 2.37. The number of nitrogens with one attached hydrogen (secondary N) is 2. The first-order valence-electron chi connectivity index (χ1n) is 5.02. The second-order valence-electron chi connectivity index (χ2n) is 3.60. The van der Waals surface area contributed by atoms with Crippen molar-refractivity contribution < 1.29 is 12.8 Å². The molecule has 0 radical (unpaired) electrons. The second kappa shape index (κ2) is 4.69. The fourth-order valence-corrected chi connectivity index (χ4v) is 2.39. The SMILES string of the molecule is Nc1ccc(S(=O)(=O)Nc2ccc(=O)[nH]n2)c(F)c1. The topological polar surface area (TPSA) is 118 Å². The lowest BCUT2D eigenvalue weighted by Crippen LogP contribution is -2.17. The number of sulfonamides is 1. The lowest BCUT2D eigenvalue weighted by molar-refractivity contribution is 0.570. The number of aromatic amines is 1. The highest BCUT2D eigenvalue weighted by Crippen LogP contribution is 2.19. The van der Waals surface area contributed by atoms with Gasteiger partial charge in [-0.2, -0.15) is 5.10 Å². The number of hydrogen-bond donors (Lipinski definition) is 3. The van der Waals surface area contributed by atoms with E-state index in [-0.39, 0.29) is 11.5 Å². The fraction of sp³-hybridized carbons (Fsp3) is 0. The molecular weight excluding hydrogens is 275 g/mol. The molecule has 0 aliphatic carbocycles. The number of nitrogens with zero attached hydrogens (tertiary/aromatic N) is 1.